The predicted molar refractivity (Wildman–Crippen MR) is 81.3 cm³/mol. The second-order valence-electron chi connectivity index (χ2n) is 4.69. The van der Waals surface area contributed by atoms with Crippen LogP contribution in [0.25, 0.3) is 11.2 Å². The zero-order chi connectivity index (χ0) is 14.7. The van der Waals surface area contributed by atoms with Crippen LogP contribution < -0.4 is 10.1 Å². The normalized spacial score (nSPS) is 12.3. The fourth-order valence-electron chi connectivity index (χ4n) is 2.20. The van der Waals surface area contributed by atoms with E-state index in [1.54, 1.807) is 6.33 Å². The van der Waals surface area contributed by atoms with E-state index in [-0.39, 0.29) is 6.04 Å². The summed E-state index contributed by atoms with van der Waals surface area (Å²) >= 11 is 0. The number of imidazole rings is 1. The lowest BCUT2D eigenvalue weighted by Crippen LogP contribution is -2.09. The zero-order valence-corrected chi connectivity index (χ0v) is 12.0. The van der Waals surface area contributed by atoms with E-state index >= 15 is 0 Å². The molecule has 0 radical (unpaired) electrons. The van der Waals surface area contributed by atoms with Gasteiger partial charge in [-0.15, -0.1) is 0 Å². The van der Waals surface area contributed by atoms with Gasteiger partial charge in [0.15, 0.2) is 11.5 Å². The minimum atomic E-state index is 0.0896. The summed E-state index contributed by atoms with van der Waals surface area (Å²) in [5.41, 5.74) is 2.60. The van der Waals surface area contributed by atoms with E-state index in [0.717, 1.165) is 22.6 Å². The van der Waals surface area contributed by atoms with Crippen LogP contribution in [0.4, 0.5) is 5.82 Å². The van der Waals surface area contributed by atoms with Crippen molar-refractivity contribution in [3.63, 3.8) is 0 Å². The Morgan fingerprint density at radius 2 is 2.19 bits per heavy atom. The fraction of sp³-hybridized carbons (Fsp3) is 0.267. The number of anilines is 1. The lowest BCUT2D eigenvalue weighted by atomic mass is 10.1. The molecule has 0 saturated heterocycles. The SMILES string of the molecule is CCOc1cccc(C(C)Nc2ncnc3nc[nH]c23)c1. The van der Waals surface area contributed by atoms with Crippen LogP contribution in [0.15, 0.2) is 36.9 Å². The lowest BCUT2D eigenvalue weighted by Gasteiger charge is -2.16. The lowest BCUT2D eigenvalue weighted by molar-refractivity contribution is 0.340. The Labute approximate surface area is 122 Å². The van der Waals surface area contributed by atoms with Gasteiger partial charge in [0.25, 0.3) is 0 Å². The zero-order valence-electron chi connectivity index (χ0n) is 12.0. The van der Waals surface area contributed by atoms with Gasteiger partial charge >= 0.3 is 0 Å². The van der Waals surface area contributed by atoms with Crippen LogP contribution in [0, 0.1) is 0 Å². The molecule has 0 saturated carbocycles. The third-order valence-corrected chi connectivity index (χ3v) is 3.25. The average Bonchev–Trinajstić information content (AvgIpc) is 2.97. The Morgan fingerprint density at radius 3 is 3.05 bits per heavy atom. The van der Waals surface area contributed by atoms with Crippen LogP contribution in [-0.2, 0) is 0 Å². The topological polar surface area (TPSA) is 75.7 Å². The van der Waals surface area contributed by atoms with Crippen LogP contribution in [-0.4, -0.2) is 26.5 Å². The van der Waals surface area contributed by atoms with Crippen LogP contribution in [0.1, 0.15) is 25.5 Å². The Balaban J connectivity index is 1.84. The van der Waals surface area contributed by atoms with Crippen LogP contribution in [0.2, 0.25) is 0 Å². The van der Waals surface area contributed by atoms with Crippen molar-refractivity contribution in [3.8, 4) is 5.75 Å². The summed E-state index contributed by atoms with van der Waals surface area (Å²) in [5, 5.41) is 3.38. The Kier molecular flexibility index (Phi) is 3.68. The monoisotopic (exact) mass is 283 g/mol. The maximum atomic E-state index is 5.54. The third kappa shape index (κ3) is 2.79. The summed E-state index contributed by atoms with van der Waals surface area (Å²) in [5.74, 6) is 1.62. The van der Waals surface area contributed by atoms with Crippen LogP contribution in [0.3, 0.4) is 0 Å². The molecule has 1 aromatic carbocycles. The summed E-state index contributed by atoms with van der Waals surface area (Å²) in [6.07, 6.45) is 3.12. The first-order valence-corrected chi connectivity index (χ1v) is 6.91. The van der Waals surface area contributed by atoms with Crippen molar-refractivity contribution in [1.29, 1.82) is 0 Å². The van der Waals surface area contributed by atoms with Gasteiger partial charge in [-0.1, -0.05) is 12.1 Å². The van der Waals surface area contributed by atoms with Crippen molar-refractivity contribution in [2.24, 2.45) is 0 Å². The average molecular weight is 283 g/mol. The van der Waals surface area contributed by atoms with Crippen molar-refractivity contribution >= 4 is 17.0 Å². The number of H-pyrrole nitrogens is 1. The second-order valence-corrected chi connectivity index (χ2v) is 4.69. The molecule has 6 heteroatoms. The number of ether oxygens (including phenoxy) is 1. The molecule has 0 aliphatic heterocycles. The molecule has 21 heavy (non-hydrogen) atoms. The molecule has 0 fully saturated rings. The Hall–Kier alpha value is -2.63. The van der Waals surface area contributed by atoms with Gasteiger partial charge in [-0.25, -0.2) is 15.0 Å². The molecule has 2 heterocycles. The maximum Gasteiger partial charge on any atom is 0.182 e. The molecule has 6 nitrogen and oxygen atoms in total. The fourth-order valence-corrected chi connectivity index (χ4v) is 2.20. The Morgan fingerprint density at radius 1 is 1.29 bits per heavy atom. The molecule has 0 aliphatic rings. The highest BCUT2D eigenvalue weighted by atomic mass is 16.5. The standard InChI is InChI=1S/C15H17N5O/c1-3-21-12-6-4-5-11(7-12)10(2)20-15-13-14(17-8-16-13)18-9-19-15/h4-10H,3H2,1-2H3,(H2,16,17,18,19,20). The third-order valence-electron chi connectivity index (χ3n) is 3.25. The van der Waals surface area contributed by atoms with Gasteiger partial charge in [0.1, 0.15) is 17.6 Å². The smallest absolute Gasteiger partial charge is 0.182 e. The quantitative estimate of drug-likeness (QED) is 0.753. The van der Waals surface area contributed by atoms with Gasteiger partial charge < -0.3 is 15.0 Å². The van der Waals surface area contributed by atoms with Crippen LogP contribution >= 0.6 is 0 Å². The predicted octanol–water partition coefficient (Wildman–Crippen LogP) is 2.92. The van der Waals surface area contributed by atoms with E-state index in [9.17, 15) is 0 Å². The molecule has 0 bridgehead atoms. The number of aromatic nitrogens is 4. The number of rotatable bonds is 5. The van der Waals surface area contributed by atoms with Gasteiger partial charge in [-0.2, -0.15) is 0 Å². The van der Waals surface area contributed by atoms with Crippen molar-refractivity contribution in [1.82, 2.24) is 19.9 Å². The number of hydrogen-bond donors (Lipinski definition) is 2. The van der Waals surface area contributed by atoms with Crippen molar-refractivity contribution in [2.75, 3.05) is 11.9 Å². The highest BCUT2D eigenvalue weighted by Gasteiger charge is 2.11. The summed E-state index contributed by atoms with van der Waals surface area (Å²) in [6, 6.07) is 8.13. The molecule has 1 atom stereocenters. The van der Waals surface area contributed by atoms with Gasteiger partial charge in [0.2, 0.25) is 0 Å². The Bertz CT molecular complexity index is 740. The van der Waals surface area contributed by atoms with Gasteiger partial charge in [-0.05, 0) is 31.5 Å². The molecule has 2 N–H and O–H groups in total. The number of aromatic amines is 1. The molecule has 108 valence electrons. The van der Waals surface area contributed by atoms with Crippen LogP contribution in [0.5, 0.6) is 5.75 Å². The molecule has 1 unspecified atom stereocenters. The van der Waals surface area contributed by atoms with Crippen molar-refractivity contribution < 1.29 is 4.74 Å². The van der Waals surface area contributed by atoms with E-state index in [4.69, 9.17) is 4.74 Å². The summed E-state index contributed by atoms with van der Waals surface area (Å²) in [6.45, 7) is 4.71. The molecule has 0 spiro atoms. The second kappa shape index (κ2) is 5.78. The van der Waals surface area contributed by atoms with Gasteiger partial charge in [0, 0.05) is 0 Å². The first kappa shape index (κ1) is 13.4. The van der Waals surface area contributed by atoms with E-state index in [1.807, 2.05) is 25.1 Å². The number of nitrogens with one attached hydrogen (secondary N) is 2. The minimum Gasteiger partial charge on any atom is -0.494 e. The first-order valence-electron chi connectivity index (χ1n) is 6.91. The summed E-state index contributed by atoms with van der Waals surface area (Å²) < 4.78 is 5.54. The van der Waals surface area contributed by atoms with Gasteiger partial charge in [-0.3, -0.25) is 0 Å². The minimum absolute atomic E-state index is 0.0896. The number of nitrogens with zero attached hydrogens (tertiary/aromatic N) is 3. The highest BCUT2D eigenvalue weighted by Crippen LogP contribution is 2.24. The molecule has 3 rings (SSSR count). The van der Waals surface area contributed by atoms with E-state index < -0.39 is 0 Å². The molecular formula is C15H17N5O. The maximum absolute atomic E-state index is 5.54. The van der Waals surface area contributed by atoms with Crippen molar-refractivity contribution in [2.45, 2.75) is 19.9 Å². The number of fused-ring (bicyclic) bond motifs is 1. The summed E-state index contributed by atoms with van der Waals surface area (Å²) in [4.78, 5) is 15.6. The number of hydrogen-bond acceptors (Lipinski definition) is 5. The first-order chi connectivity index (χ1) is 10.3. The van der Waals surface area contributed by atoms with Crippen molar-refractivity contribution in [3.05, 3.63) is 42.5 Å². The number of benzene rings is 1. The molecule has 2 aromatic heterocycles. The molecule has 3 aromatic rings. The van der Waals surface area contributed by atoms with E-state index in [1.165, 1.54) is 6.33 Å². The largest absolute Gasteiger partial charge is 0.494 e. The van der Waals surface area contributed by atoms with E-state index in [2.05, 4.69) is 38.2 Å². The van der Waals surface area contributed by atoms with E-state index in [0.29, 0.717) is 12.3 Å². The highest BCUT2D eigenvalue weighted by molar-refractivity contribution is 5.82. The molecule has 0 aliphatic carbocycles. The van der Waals surface area contributed by atoms with Gasteiger partial charge in [0.05, 0.1) is 19.0 Å². The summed E-state index contributed by atoms with van der Waals surface area (Å²) in [7, 11) is 0. The molecular weight excluding hydrogens is 266 g/mol. The molecule has 0 amide bonds.